The van der Waals surface area contributed by atoms with Gasteiger partial charge in [0.25, 0.3) is 5.91 Å². The van der Waals surface area contributed by atoms with E-state index in [1.165, 1.54) is 12.8 Å². The molecule has 0 saturated heterocycles. The van der Waals surface area contributed by atoms with Crippen LogP contribution in [0.5, 0.6) is 0 Å². The van der Waals surface area contributed by atoms with Gasteiger partial charge in [0.15, 0.2) is 5.69 Å². The average molecular weight is 296 g/mol. The molecule has 0 aliphatic heterocycles. The van der Waals surface area contributed by atoms with Gasteiger partial charge in [0.05, 0.1) is 0 Å². The molecule has 0 unspecified atom stereocenters. The number of carbonyl (C=O) groups excluding carboxylic acids is 1. The van der Waals surface area contributed by atoms with E-state index in [1.54, 1.807) is 12.1 Å². The van der Waals surface area contributed by atoms with Crippen molar-refractivity contribution in [2.24, 2.45) is 0 Å². The zero-order chi connectivity index (χ0) is 15.5. The number of amides is 1. The van der Waals surface area contributed by atoms with Crippen molar-refractivity contribution in [2.45, 2.75) is 38.6 Å². The Balaban J connectivity index is 1.71. The number of benzene rings is 1. The Kier molecular flexibility index (Phi) is 4.04. The van der Waals surface area contributed by atoms with Crippen LogP contribution in [-0.2, 0) is 0 Å². The largest absolute Gasteiger partial charge is 0.366 e. The predicted molar refractivity (Wildman–Crippen MR) is 87.2 cm³/mol. The number of hydrogen-bond acceptors (Lipinski definition) is 4. The van der Waals surface area contributed by atoms with Crippen molar-refractivity contribution in [1.82, 2.24) is 10.2 Å². The lowest BCUT2D eigenvalue weighted by atomic mass is 10.0. The van der Waals surface area contributed by atoms with Crippen molar-refractivity contribution in [1.29, 1.82) is 0 Å². The van der Waals surface area contributed by atoms with E-state index >= 15 is 0 Å². The van der Waals surface area contributed by atoms with Gasteiger partial charge in [-0.3, -0.25) is 4.79 Å². The lowest BCUT2D eigenvalue weighted by molar-refractivity contribution is 0.102. The maximum atomic E-state index is 12.3. The molecule has 0 spiro atoms. The molecule has 2 aromatic rings. The molecule has 5 heteroatoms. The molecule has 1 fully saturated rings. The molecule has 1 heterocycles. The number of nitrogens with one attached hydrogen (secondary N) is 2. The number of carbonyl (C=O) groups is 1. The molecule has 3 rings (SSSR count). The third-order valence-electron chi connectivity index (χ3n) is 3.66. The summed E-state index contributed by atoms with van der Waals surface area (Å²) in [6, 6.07) is 11.8. The van der Waals surface area contributed by atoms with Gasteiger partial charge in [-0.1, -0.05) is 32.0 Å². The summed E-state index contributed by atoms with van der Waals surface area (Å²) < 4.78 is 0. The van der Waals surface area contributed by atoms with Gasteiger partial charge in [0.2, 0.25) is 0 Å². The Bertz CT molecular complexity index is 663. The molecule has 1 saturated carbocycles. The van der Waals surface area contributed by atoms with Gasteiger partial charge in [-0.15, -0.1) is 10.2 Å². The van der Waals surface area contributed by atoms with Gasteiger partial charge < -0.3 is 10.6 Å². The summed E-state index contributed by atoms with van der Waals surface area (Å²) in [5.41, 5.74) is 2.25. The molecule has 1 amide bonds. The summed E-state index contributed by atoms with van der Waals surface area (Å²) >= 11 is 0. The maximum Gasteiger partial charge on any atom is 0.276 e. The first-order valence-corrected chi connectivity index (χ1v) is 7.64. The number of anilines is 2. The van der Waals surface area contributed by atoms with Crippen LogP contribution in [0.15, 0.2) is 36.4 Å². The highest BCUT2D eigenvalue weighted by Gasteiger charge is 2.21. The summed E-state index contributed by atoms with van der Waals surface area (Å²) in [7, 11) is 0. The van der Waals surface area contributed by atoms with E-state index in [-0.39, 0.29) is 5.91 Å². The minimum atomic E-state index is -0.237. The van der Waals surface area contributed by atoms with Crippen molar-refractivity contribution >= 4 is 17.4 Å². The predicted octanol–water partition coefficient (Wildman–Crippen LogP) is 3.43. The van der Waals surface area contributed by atoms with E-state index in [0.717, 1.165) is 17.1 Å². The van der Waals surface area contributed by atoms with E-state index in [2.05, 4.69) is 34.7 Å². The monoisotopic (exact) mass is 296 g/mol. The fraction of sp³-hybridized carbons (Fsp3) is 0.353. The Labute approximate surface area is 130 Å². The quantitative estimate of drug-likeness (QED) is 0.887. The Morgan fingerprint density at radius 3 is 2.55 bits per heavy atom. The van der Waals surface area contributed by atoms with Gasteiger partial charge in [0, 0.05) is 11.7 Å². The molecule has 22 heavy (non-hydrogen) atoms. The van der Waals surface area contributed by atoms with Crippen molar-refractivity contribution in [3.8, 4) is 0 Å². The first-order valence-electron chi connectivity index (χ1n) is 7.64. The molecule has 1 aliphatic carbocycles. The van der Waals surface area contributed by atoms with Gasteiger partial charge in [-0.05, 0) is 42.5 Å². The molecule has 1 aromatic heterocycles. The molecule has 2 N–H and O–H groups in total. The van der Waals surface area contributed by atoms with E-state index in [4.69, 9.17) is 0 Å². The smallest absolute Gasteiger partial charge is 0.276 e. The SMILES string of the molecule is CC(C)c1ccccc1NC(=O)c1ccc(NC2CC2)nn1. The van der Waals surface area contributed by atoms with Crippen LogP contribution in [0.2, 0.25) is 0 Å². The number of nitrogens with zero attached hydrogens (tertiary/aromatic N) is 2. The van der Waals surface area contributed by atoms with E-state index in [0.29, 0.717) is 17.7 Å². The van der Waals surface area contributed by atoms with Gasteiger partial charge >= 0.3 is 0 Å². The summed E-state index contributed by atoms with van der Waals surface area (Å²) in [6.07, 6.45) is 2.35. The third-order valence-corrected chi connectivity index (χ3v) is 3.66. The average Bonchev–Trinajstić information content (AvgIpc) is 3.32. The van der Waals surface area contributed by atoms with Crippen LogP contribution in [0.4, 0.5) is 11.5 Å². The van der Waals surface area contributed by atoms with Crippen LogP contribution >= 0.6 is 0 Å². The highest BCUT2D eigenvalue weighted by Crippen LogP contribution is 2.25. The van der Waals surface area contributed by atoms with Gasteiger partial charge in [0.1, 0.15) is 5.82 Å². The summed E-state index contributed by atoms with van der Waals surface area (Å²) in [5, 5.41) is 14.2. The van der Waals surface area contributed by atoms with Crippen LogP contribution in [0.25, 0.3) is 0 Å². The highest BCUT2D eigenvalue weighted by atomic mass is 16.1. The second-order valence-corrected chi connectivity index (χ2v) is 5.92. The molecule has 0 bridgehead atoms. The first kappa shape index (κ1) is 14.5. The first-order chi connectivity index (χ1) is 10.6. The molecule has 114 valence electrons. The molecular weight excluding hydrogens is 276 g/mol. The Morgan fingerprint density at radius 2 is 1.91 bits per heavy atom. The second-order valence-electron chi connectivity index (χ2n) is 5.92. The zero-order valence-corrected chi connectivity index (χ0v) is 12.8. The second kappa shape index (κ2) is 6.13. The minimum absolute atomic E-state index is 0.237. The van der Waals surface area contributed by atoms with Crippen LogP contribution in [-0.4, -0.2) is 22.1 Å². The minimum Gasteiger partial charge on any atom is -0.366 e. The summed E-state index contributed by atoms with van der Waals surface area (Å²) in [5.74, 6) is 0.827. The normalized spacial score (nSPS) is 14.0. The van der Waals surface area contributed by atoms with Gasteiger partial charge in [-0.2, -0.15) is 0 Å². The van der Waals surface area contributed by atoms with E-state index in [9.17, 15) is 4.79 Å². The van der Waals surface area contributed by atoms with Gasteiger partial charge in [-0.25, -0.2) is 0 Å². The van der Waals surface area contributed by atoms with Crippen molar-refractivity contribution in [2.75, 3.05) is 10.6 Å². The highest BCUT2D eigenvalue weighted by molar-refractivity contribution is 6.03. The van der Waals surface area contributed by atoms with Crippen LogP contribution in [0, 0.1) is 0 Å². The molecular formula is C17H20N4O. The number of rotatable bonds is 5. The van der Waals surface area contributed by atoms with Crippen molar-refractivity contribution in [3.63, 3.8) is 0 Å². The number of aromatic nitrogens is 2. The lowest BCUT2D eigenvalue weighted by Crippen LogP contribution is -2.16. The number of para-hydroxylation sites is 1. The zero-order valence-electron chi connectivity index (χ0n) is 12.8. The fourth-order valence-electron chi connectivity index (χ4n) is 2.27. The van der Waals surface area contributed by atoms with Crippen molar-refractivity contribution in [3.05, 3.63) is 47.7 Å². The third kappa shape index (κ3) is 3.42. The van der Waals surface area contributed by atoms with Crippen LogP contribution in [0.1, 0.15) is 48.7 Å². The molecule has 5 nitrogen and oxygen atoms in total. The van der Waals surface area contributed by atoms with Crippen LogP contribution < -0.4 is 10.6 Å². The standard InChI is InChI=1S/C17H20N4O/c1-11(2)13-5-3-4-6-14(13)19-17(22)15-9-10-16(21-20-15)18-12-7-8-12/h3-6,9-12H,7-8H2,1-2H3,(H,18,21)(H,19,22). The summed E-state index contributed by atoms with van der Waals surface area (Å²) in [6.45, 7) is 4.20. The fourth-order valence-corrected chi connectivity index (χ4v) is 2.27. The molecule has 1 aliphatic rings. The van der Waals surface area contributed by atoms with E-state index < -0.39 is 0 Å². The Hall–Kier alpha value is -2.43. The van der Waals surface area contributed by atoms with E-state index in [1.807, 2.05) is 24.3 Å². The lowest BCUT2D eigenvalue weighted by Gasteiger charge is -2.13. The molecule has 1 aromatic carbocycles. The number of hydrogen-bond donors (Lipinski definition) is 2. The van der Waals surface area contributed by atoms with Crippen LogP contribution in [0.3, 0.4) is 0 Å². The molecule has 0 radical (unpaired) electrons. The Morgan fingerprint density at radius 1 is 1.14 bits per heavy atom. The summed E-state index contributed by atoms with van der Waals surface area (Å²) in [4.78, 5) is 12.3. The maximum absolute atomic E-state index is 12.3. The molecule has 0 atom stereocenters. The van der Waals surface area contributed by atoms with Crippen molar-refractivity contribution < 1.29 is 4.79 Å². The topological polar surface area (TPSA) is 66.9 Å².